The van der Waals surface area contributed by atoms with Gasteiger partial charge < -0.3 is 15.1 Å². The maximum atomic E-state index is 9.30. The van der Waals surface area contributed by atoms with Crippen molar-refractivity contribution in [2.24, 2.45) is 0 Å². The smallest absolute Gasteiger partial charge is 0.394 e. The number of rotatable bonds is 14. The molecule has 0 aliphatic rings. The van der Waals surface area contributed by atoms with E-state index in [0.717, 1.165) is 6.54 Å². The average molecular weight is 372 g/mol. The van der Waals surface area contributed by atoms with Gasteiger partial charge in [-0.1, -0.05) is 64.7 Å². The highest BCUT2D eigenvalue weighted by Gasteiger charge is 2.05. The summed E-state index contributed by atoms with van der Waals surface area (Å²) in [5.74, 6) is 0. The van der Waals surface area contributed by atoms with Crippen LogP contribution in [0.25, 0.3) is 0 Å². The normalized spacial score (nSPS) is 12.8. The van der Waals surface area contributed by atoms with E-state index in [2.05, 4.69) is 11.8 Å². The van der Waals surface area contributed by atoms with E-state index in [0.29, 0.717) is 6.54 Å². The Hall–Kier alpha value is -0.250. The maximum absolute atomic E-state index is 9.30. The summed E-state index contributed by atoms with van der Waals surface area (Å²) in [7, 11) is -2.66. The Labute approximate surface area is 147 Å². The van der Waals surface area contributed by atoms with E-state index in [4.69, 9.17) is 22.6 Å². The fourth-order valence-corrected chi connectivity index (χ4v) is 2.38. The van der Waals surface area contributed by atoms with Gasteiger partial charge in [0, 0.05) is 6.54 Å². The Bertz CT molecular complexity index is 342. The van der Waals surface area contributed by atoms with Gasteiger partial charge in [0.15, 0.2) is 0 Å². The molecule has 0 aliphatic carbocycles. The van der Waals surface area contributed by atoms with Gasteiger partial charge in [0.25, 0.3) is 0 Å². The minimum absolute atomic E-state index is 0.137. The lowest BCUT2D eigenvalue weighted by Gasteiger charge is -2.18. The third-order valence-electron chi connectivity index (χ3n) is 3.63. The van der Waals surface area contributed by atoms with Crippen molar-refractivity contribution < 1.29 is 27.7 Å². The molecule has 8 heteroatoms. The van der Waals surface area contributed by atoms with Crippen molar-refractivity contribution in [3.05, 3.63) is 0 Å². The first kappa shape index (κ1) is 26.0. The lowest BCUT2D eigenvalue weighted by Crippen LogP contribution is -2.31. The van der Waals surface area contributed by atoms with Crippen LogP contribution >= 0.6 is 0 Å². The third-order valence-corrected chi connectivity index (χ3v) is 3.63. The molecule has 7 nitrogen and oxygen atoms in total. The van der Waals surface area contributed by atoms with E-state index >= 15 is 0 Å². The molecule has 0 fully saturated rings. The zero-order valence-electron chi connectivity index (χ0n) is 15.2. The van der Waals surface area contributed by atoms with Crippen LogP contribution < -0.4 is 0 Å². The molecule has 0 saturated carbocycles. The second-order valence-corrected chi connectivity index (χ2v) is 7.12. The number of unbranched alkanes of at least 4 members (excludes halogenated alkanes) is 9. The summed E-state index contributed by atoms with van der Waals surface area (Å²) in [6, 6.07) is 0. The molecule has 24 heavy (non-hydrogen) atoms. The Morgan fingerprint density at radius 3 is 1.62 bits per heavy atom. The van der Waals surface area contributed by atoms with Crippen molar-refractivity contribution in [3.8, 4) is 0 Å². The summed E-state index contributed by atoms with van der Waals surface area (Å²) in [6.45, 7) is 3.72. The highest BCUT2D eigenvalue weighted by atomic mass is 32.3. The zero-order valence-corrected chi connectivity index (χ0v) is 16.0. The predicted octanol–water partition coefficient (Wildman–Crippen LogP) is 2.54. The number of nitrogens with zero attached hydrogens (tertiary/aromatic N) is 1. The Morgan fingerprint density at radius 1 is 0.875 bits per heavy atom. The van der Waals surface area contributed by atoms with E-state index in [1.54, 1.807) is 0 Å². The summed E-state index contributed by atoms with van der Waals surface area (Å²) in [4.78, 5) is 2.10. The van der Waals surface area contributed by atoms with Gasteiger partial charge in [0.1, 0.15) is 0 Å². The average Bonchev–Trinajstić information content (AvgIpc) is 2.47. The SMILES string of the molecule is CCCCCCCCCCCCN(C)CC(O)CO.O=S(=O)(O)O. The van der Waals surface area contributed by atoms with Crippen molar-refractivity contribution >= 4 is 10.4 Å². The van der Waals surface area contributed by atoms with Gasteiger partial charge in [0.2, 0.25) is 0 Å². The third kappa shape index (κ3) is 29.7. The quantitative estimate of drug-likeness (QED) is 0.274. The Balaban J connectivity index is 0. The number of hydrogen-bond donors (Lipinski definition) is 4. The van der Waals surface area contributed by atoms with Gasteiger partial charge in [0.05, 0.1) is 12.7 Å². The van der Waals surface area contributed by atoms with Crippen LogP contribution in [-0.2, 0) is 10.4 Å². The van der Waals surface area contributed by atoms with Crippen molar-refractivity contribution in [1.82, 2.24) is 4.90 Å². The van der Waals surface area contributed by atoms with Crippen LogP contribution in [0.2, 0.25) is 0 Å². The molecule has 0 aromatic carbocycles. The van der Waals surface area contributed by atoms with Crippen molar-refractivity contribution in [3.63, 3.8) is 0 Å². The van der Waals surface area contributed by atoms with Gasteiger partial charge in [-0.15, -0.1) is 0 Å². The number of aliphatic hydroxyl groups is 2. The first-order valence-electron chi connectivity index (χ1n) is 8.88. The molecule has 4 N–H and O–H groups in total. The monoisotopic (exact) mass is 371 g/mol. The number of likely N-dealkylation sites (N-methyl/N-ethyl adjacent to an activating group) is 1. The van der Waals surface area contributed by atoms with Gasteiger partial charge in [-0.3, -0.25) is 9.11 Å². The van der Waals surface area contributed by atoms with E-state index in [1.807, 2.05) is 7.05 Å². The molecule has 0 saturated heterocycles. The van der Waals surface area contributed by atoms with Gasteiger partial charge in [-0.25, -0.2) is 0 Å². The first-order chi connectivity index (χ1) is 11.2. The molecule has 0 amide bonds. The highest BCUT2D eigenvalue weighted by Crippen LogP contribution is 2.10. The van der Waals surface area contributed by atoms with Gasteiger partial charge in [-0.2, -0.15) is 8.42 Å². The van der Waals surface area contributed by atoms with Crippen LogP contribution in [0.1, 0.15) is 71.1 Å². The van der Waals surface area contributed by atoms with Crippen molar-refractivity contribution in [2.75, 3.05) is 26.7 Å². The predicted molar refractivity (Wildman–Crippen MR) is 96.6 cm³/mol. The van der Waals surface area contributed by atoms with Crippen LogP contribution in [0.5, 0.6) is 0 Å². The molecular formula is C16H37NO6S. The molecule has 0 heterocycles. The van der Waals surface area contributed by atoms with Gasteiger partial charge in [-0.05, 0) is 20.0 Å². The Kier molecular flexibility index (Phi) is 19.0. The lowest BCUT2D eigenvalue weighted by molar-refractivity contribution is 0.0662. The summed E-state index contributed by atoms with van der Waals surface area (Å²) in [5.41, 5.74) is 0. The minimum atomic E-state index is -4.67. The molecule has 0 rings (SSSR count). The second kappa shape index (κ2) is 17.6. The van der Waals surface area contributed by atoms with Crippen molar-refractivity contribution in [2.45, 2.75) is 77.2 Å². The molecule has 0 spiro atoms. The molecule has 1 unspecified atom stereocenters. The van der Waals surface area contributed by atoms with Crippen molar-refractivity contribution in [1.29, 1.82) is 0 Å². The highest BCUT2D eigenvalue weighted by molar-refractivity contribution is 7.79. The molecule has 0 bridgehead atoms. The van der Waals surface area contributed by atoms with Crippen LogP contribution in [0.15, 0.2) is 0 Å². The number of hydrogen-bond acceptors (Lipinski definition) is 5. The molecular weight excluding hydrogens is 334 g/mol. The number of aliphatic hydroxyl groups excluding tert-OH is 2. The topological polar surface area (TPSA) is 118 Å². The van der Waals surface area contributed by atoms with E-state index in [9.17, 15) is 5.11 Å². The lowest BCUT2D eigenvalue weighted by atomic mass is 10.1. The van der Waals surface area contributed by atoms with Crippen LogP contribution in [0.4, 0.5) is 0 Å². The fraction of sp³-hybridized carbons (Fsp3) is 1.00. The zero-order chi connectivity index (χ0) is 18.8. The van der Waals surface area contributed by atoms with E-state index < -0.39 is 16.5 Å². The molecule has 0 aromatic heterocycles. The summed E-state index contributed by atoms with van der Waals surface area (Å²) >= 11 is 0. The summed E-state index contributed by atoms with van der Waals surface area (Å²) in [6.07, 6.45) is 13.0. The summed E-state index contributed by atoms with van der Waals surface area (Å²) in [5, 5.41) is 18.1. The fourth-order valence-electron chi connectivity index (χ4n) is 2.38. The minimum Gasteiger partial charge on any atom is -0.394 e. The largest absolute Gasteiger partial charge is 0.394 e. The Morgan fingerprint density at radius 2 is 1.25 bits per heavy atom. The molecule has 0 aliphatic heterocycles. The van der Waals surface area contributed by atoms with E-state index in [-0.39, 0.29) is 6.61 Å². The standard InChI is InChI=1S/C16H35NO2.H2O4S/c1-3-4-5-6-7-8-9-10-11-12-13-17(2)14-16(19)15-18;1-5(2,3)4/h16,18-19H,3-15H2,1-2H3;(H2,1,2,3,4). The maximum Gasteiger partial charge on any atom is 0.394 e. The van der Waals surface area contributed by atoms with Crippen LogP contribution in [0.3, 0.4) is 0 Å². The van der Waals surface area contributed by atoms with Crippen LogP contribution in [0, 0.1) is 0 Å². The first-order valence-corrected chi connectivity index (χ1v) is 10.3. The summed E-state index contributed by atoms with van der Waals surface area (Å²) < 4.78 is 31.6. The second-order valence-electron chi connectivity index (χ2n) is 6.23. The molecule has 1 atom stereocenters. The van der Waals surface area contributed by atoms with Crippen LogP contribution in [-0.4, -0.2) is 65.5 Å². The van der Waals surface area contributed by atoms with E-state index in [1.165, 1.54) is 64.2 Å². The molecule has 148 valence electrons. The van der Waals surface area contributed by atoms with Gasteiger partial charge >= 0.3 is 10.4 Å². The molecule has 0 radical (unpaired) electrons. The molecule has 0 aromatic rings.